The first-order chi connectivity index (χ1) is 12.3. The van der Waals surface area contributed by atoms with Crippen molar-refractivity contribution in [3.63, 3.8) is 0 Å². The lowest BCUT2D eigenvalue weighted by molar-refractivity contribution is 0.121. The van der Waals surface area contributed by atoms with Crippen molar-refractivity contribution in [2.45, 2.75) is 12.5 Å². The van der Waals surface area contributed by atoms with Crippen molar-refractivity contribution >= 4 is 11.0 Å². The van der Waals surface area contributed by atoms with Crippen LogP contribution in [0.5, 0.6) is 0 Å². The largest absolute Gasteiger partial charge is 0.359 e. The van der Waals surface area contributed by atoms with Crippen molar-refractivity contribution in [3.05, 3.63) is 66.4 Å². The van der Waals surface area contributed by atoms with E-state index in [1.807, 2.05) is 36.4 Å². The minimum atomic E-state index is 0.454. The summed E-state index contributed by atoms with van der Waals surface area (Å²) in [6.07, 6.45) is 3.52. The number of aromatic amines is 1. The maximum atomic E-state index is 5.48. The highest BCUT2D eigenvalue weighted by molar-refractivity contribution is 5.74. The van der Waals surface area contributed by atoms with Crippen LogP contribution in [0, 0.1) is 0 Å². The Morgan fingerprint density at radius 3 is 2.80 bits per heavy atom. The molecule has 25 heavy (non-hydrogen) atoms. The van der Waals surface area contributed by atoms with Gasteiger partial charge in [-0.15, -0.1) is 0 Å². The van der Waals surface area contributed by atoms with Crippen LogP contribution >= 0.6 is 0 Å². The summed E-state index contributed by atoms with van der Waals surface area (Å²) in [5, 5.41) is 4.16. The summed E-state index contributed by atoms with van der Waals surface area (Å²) in [5.41, 5.74) is 4.02. The lowest BCUT2D eigenvalue weighted by Gasteiger charge is -2.37. The van der Waals surface area contributed by atoms with Crippen LogP contribution in [0.1, 0.15) is 17.5 Å². The summed E-state index contributed by atoms with van der Waals surface area (Å²) in [5.74, 6) is 2.41. The number of rotatable bonds is 4. The van der Waals surface area contributed by atoms with Gasteiger partial charge in [-0.3, -0.25) is 9.88 Å². The average molecular weight is 331 g/mol. The second-order valence-electron chi connectivity index (χ2n) is 6.44. The molecule has 0 bridgehead atoms. The molecular formula is C19H17N5O. The number of hydrogen-bond acceptors (Lipinski definition) is 5. The van der Waals surface area contributed by atoms with Gasteiger partial charge >= 0.3 is 0 Å². The number of likely N-dealkylation sites (tertiary alicyclic amines) is 1. The summed E-state index contributed by atoms with van der Waals surface area (Å²) >= 11 is 0. The highest BCUT2D eigenvalue weighted by atomic mass is 16.5. The van der Waals surface area contributed by atoms with E-state index in [1.165, 1.54) is 0 Å². The van der Waals surface area contributed by atoms with E-state index in [0.29, 0.717) is 5.92 Å². The van der Waals surface area contributed by atoms with Gasteiger partial charge < -0.3 is 9.51 Å². The van der Waals surface area contributed by atoms with Crippen LogP contribution in [-0.2, 0) is 6.54 Å². The molecule has 0 spiro atoms. The van der Waals surface area contributed by atoms with Gasteiger partial charge in [0.1, 0.15) is 11.5 Å². The van der Waals surface area contributed by atoms with E-state index in [9.17, 15) is 0 Å². The standard InChI is InChI=1S/C19H17N5O/c1-2-4-17-16(3-1)21-19(22-17)14-10-24(11-14)12-15-9-18(23-25-15)13-5-7-20-8-6-13/h1-9,14H,10-12H2,(H,21,22). The van der Waals surface area contributed by atoms with E-state index in [1.54, 1.807) is 12.4 Å². The molecule has 1 aromatic carbocycles. The number of aromatic nitrogens is 4. The summed E-state index contributed by atoms with van der Waals surface area (Å²) in [4.78, 5) is 14.5. The van der Waals surface area contributed by atoms with E-state index in [2.05, 4.69) is 26.1 Å². The molecule has 1 N–H and O–H groups in total. The fourth-order valence-corrected chi connectivity index (χ4v) is 3.30. The van der Waals surface area contributed by atoms with Crippen LogP contribution in [0.4, 0.5) is 0 Å². The average Bonchev–Trinajstić information content (AvgIpc) is 3.25. The fourth-order valence-electron chi connectivity index (χ4n) is 3.30. The Morgan fingerprint density at radius 1 is 1.12 bits per heavy atom. The number of H-pyrrole nitrogens is 1. The molecule has 6 nitrogen and oxygen atoms in total. The van der Waals surface area contributed by atoms with Crippen LogP contribution in [0.15, 0.2) is 59.4 Å². The van der Waals surface area contributed by atoms with Crippen molar-refractivity contribution in [1.82, 2.24) is 25.0 Å². The van der Waals surface area contributed by atoms with Crippen molar-refractivity contribution in [2.24, 2.45) is 0 Å². The number of pyridine rings is 1. The van der Waals surface area contributed by atoms with Gasteiger partial charge in [0.05, 0.1) is 17.6 Å². The molecule has 1 saturated heterocycles. The van der Waals surface area contributed by atoms with Crippen LogP contribution in [0.3, 0.4) is 0 Å². The summed E-state index contributed by atoms with van der Waals surface area (Å²) in [6, 6.07) is 14.0. The minimum Gasteiger partial charge on any atom is -0.359 e. The van der Waals surface area contributed by atoms with Gasteiger partial charge in [-0.1, -0.05) is 17.3 Å². The van der Waals surface area contributed by atoms with Gasteiger partial charge in [0.15, 0.2) is 5.76 Å². The van der Waals surface area contributed by atoms with Gasteiger partial charge in [-0.05, 0) is 24.3 Å². The highest BCUT2D eigenvalue weighted by Gasteiger charge is 2.31. The van der Waals surface area contributed by atoms with Gasteiger partial charge in [0.25, 0.3) is 0 Å². The topological polar surface area (TPSA) is 70.8 Å². The fraction of sp³-hybridized carbons (Fsp3) is 0.211. The zero-order chi connectivity index (χ0) is 16.6. The zero-order valence-corrected chi connectivity index (χ0v) is 13.6. The smallest absolute Gasteiger partial charge is 0.151 e. The number of nitrogens with one attached hydrogen (secondary N) is 1. The Bertz CT molecular complexity index is 968. The zero-order valence-electron chi connectivity index (χ0n) is 13.6. The van der Waals surface area contributed by atoms with Gasteiger partial charge in [-0.2, -0.15) is 0 Å². The molecule has 6 heteroatoms. The van der Waals surface area contributed by atoms with Crippen molar-refractivity contribution in [3.8, 4) is 11.3 Å². The molecule has 124 valence electrons. The third kappa shape index (κ3) is 2.70. The van der Waals surface area contributed by atoms with E-state index in [0.717, 1.165) is 53.5 Å². The molecule has 4 heterocycles. The third-order valence-electron chi connectivity index (χ3n) is 4.67. The molecule has 0 amide bonds. The van der Waals surface area contributed by atoms with Crippen molar-refractivity contribution in [2.75, 3.05) is 13.1 Å². The quantitative estimate of drug-likeness (QED) is 0.622. The van der Waals surface area contributed by atoms with E-state index < -0.39 is 0 Å². The Morgan fingerprint density at radius 2 is 1.96 bits per heavy atom. The first kappa shape index (κ1) is 14.4. The van der Waals surface area contributed by atoms with Crippen molar-refractivity contribution < 1.29 is 4.52 Å². The number of hydrogen-bond donors (Lipinski definition) is 1. The number of imidazole rings is 1. The normalized spacial score (nSPS) is 15.5. The second-order valence-corrected chi connectivity index (χ2v) is 6.44. The van der Waals surface area contributed by atoms with Gasteiger partial charge in [-0.25, -0.2) is 4.98 Å². The minimum absolute atomic E-state index is 0.454. The van der Waals surface area contributed by atoms with E-state index in [-0.39, 0.29) is 0 Å². The Labute approximate surface area is 144 Å². The Hall–Kier alpha value is -2.99. The number of fused-ring (bicyclic) bond motifs is 1. The number of benzene rings is 1. The molecule has 4 aromatic rings. The van der Waals surface area contributed by atoms with E-state index >= 15 is 0 Å². The first-order valence-corrected chi connectivity index (χ1v) is 8.38. The lowest BCUT2D eigenvalue weighted by Crippen LogP contribution is -2.44. The maximum absolute atomic E-state index is 5.48. The molecule has 0 unspecified atom stereocenters. The summed E-state index contributed by atoms with van der Waals surface area (Å²) < 4.78 is 5.48. The molecule has 1 aliphatic rings. The maximum Gasteiger partial charge on any atom is 0.151 e. The van der Waals surface area contributed by atoms with Crippen LogP contribution < -0.4 is 0 Å². The van der Waals surface area contributed by atoms with Crippen LogP contribution in [0.2, 0.25) is 0 Å². The highest BCUT2D eigenvalue weighted by Crippen LogP contribution is 2.28. The predicted octanol–water partition coefficient (Wildman–Crippen LogP) is 3.21. The molecule has 0 aliphatic carbocycles. The number of nitrogens with zero attached hydrogens (tertiary/aromatic N) is 4. The SMILES string of the molecule is c1ccc2[nH]c(C3CN(Cc4cc(-c5ccncc5)no4)C3)nc2c1. The van der Waals surface area contributed by atoms with Gasteiger partial charge in [0, 0.05) is 43.0 Å². The molecule has 5 rings (SSSR count). The Balaban J connectivity index is 1.23. The third-order valence-corrected chi connectivity index (χ3v) is 4.67. The number of para-hydroxylation sites is 2. The molecule has 0 saturated carbocycles. The Kier molecular flexibility index (Phi) is 3.34. The van der Waals surface area contributed by atoms with E-state index in [4.69, 9.17) is 9.51 Å². The second kappa shape index (κ2) is 5.82. The lowest BCUT2D eigenvalue weighted by atomic mass is 9.99. The molecular weight excluding hydrogens is 314 g/mol. The van der Waals surface area contributed by atoms with Crippen LogP contribution in [-0.4, -0.2) is 38.1 Å². The summed E-state index contributed by atoms with van der Waals surface area (Å²) in [7, 11) is 0. The monoisotopic (exact) mass is 331 g/mol. The predicted molar refractivity (Wildman–Crippen MR) is 93.8 cm³/mol. The molecule has 1 fully saturated rings. The van der Waals surface area contributed by atoms with Crippen LogP contribution in [0.25, 0.3) is 22.3 Å². The summed E-state index contributed by atoms with van der Waals surface area (Å²) in [6.45, 7) is 2.73. The molecule has 0 atom stereocenters. The molecule has 0 radical (unpaired) electrons. The molecule has 3 aromatic heterocycles. The van der Waals surface area contributed by atoms with Crippen molar-refractivity contribution in [1.29, 1.82) is 0 Å². The first-order valence-electron chi connectivity index (χ1n) is 8.38. The molecule has 1 aliphatic heterocycles. The van der Waals surface area contributed by atoms with Gasteiger partial charge in [0.2, 0.25) is 0 Å².